The third-order valence-corrected chi connectivity index (χ3v) is 5.50. The minimum Gasteiger partial charge on any atom is -0.360 e. The molecule has 28 heavy (non-hydrogen) atoms. The van der Waals surface area contributed by atoms with Crippen molar-refractivity contribution in [2.45, 2.75) is 32.7 Å². The Kier molecular flexibility index (Phi) is 5.22. The molecule has 0 aliphatic carbocycles. The summed E-state index contributed by atoms with van der Waals surface area (Å²) in [6.45, 7) is 5.41. The first-order valence-electron chi connectivity index (χ1n) is 9.67. The topological polar surface area (TPSA) is 73.9 Å². The number of amides is 1. The van der Waals surface area contributed by atoms with Gasteiger partial charge in [0.1, 0.15) is 0 Å². The zero-order valence-corrected chi connectivity index (χ0v) is 16.8. The van der Waals surface area contributed by atoms with E-state index in [1.165, 1.54) is 0 Å². The van der Waals surface area contributed by atoms with Crippen LogP contribution in [0.2, 0.25) is 5.02 Å². The van der Waals surface area contributed by atoms with Crippen LogP contribution in [0.15, 0.2) is 36.7 Å². The first-order chi connectivity index (χ1) is 13.5. The summed E-state index contributed by atoms with van der Waals surface area (Å²) in [4.78, 5) is 26.4. The second-order valence-electron chi connectivity index (χ2n) is 7.54. The molecular weight excluding hydrogens is 374 g/mol. The number of anilines is 1. The van der Waals surface area contributed by atoms with Crippen LogP contribution in [0.25, 0.3) is 22.2 Å². The highest BCUT2D eigenvalue weighted by molar-refractivity contribution is 6.33. The zero-order valence-electron chi connectivity index (χ0n) is 16.1. The number of aromatic nitrogens is 3. The van der Waals surface area contributed by atoms with E-state index in [1.807, 2.05) is 49.2 Å². The van der Waals surface area contributed by atoms with E-state index in [4.69, 9.17) is 11.6 Å². The minimum absolute atomic E-state index is 0.0443. The maximum atomic E-state index is 12.1. The number of aromatic amines is 1. The van der Waals surface area contributed by atoms with Crippen LogP contribution in [0.1, 0.15) is 26.7 Å². The van der Waals surface area contributed by atoms with E-state index in [0.29, 0.717) is 16.7 Å². The summed E-state index contributed by atoms with van der Waals surface area (Å²) < 4.78 is 0. The molecule has 1 aliphatic heterocycles. The molecule has 1 amide bonds. The number of carbonyl (C=O) groups excluding carboxylic acids is 1. The predicted molar refractivity (Wildman–Crippen MR) is 112 cm³/mol. The number of hydrogen-bond acceptors (Lipinski definition) is 4. The number of nitrogens with zero attached hydrogens (tertiary/aromatic N) is 3. The van der Waals surface area contributed by atoms with E-state index in [9.17, 15) is 4.79 Å². The molecule has 0 radical (unpaired) electrons. The molecule has 0 saturated carbocycles. The standard InChI is InChI=1S/C21H24ClN5O/c1-13(2)20(28)27-9-7-14(8-10-27)25-21-24-12-17(22)19(26-21)16-11-23-18-6-4-3-5-15(16)18/h3-6,11-14,23H,7-10H2,1-2H3,(H,24,25,26). The molecule has 7 heteroatoms. The van der Waals surface area contributed by atoms with Gasteiger partial charge in [0, 0.05) is 47.7 Å². The number of piperidine rings is 1. The van der Waals surface area contributed by atoms with E-state index in [-0.39, 0.29) is 17.9 Å². The van der Waals surface area contributed by atoms with Crippen LogP contribution < -0.4 is 5.32 Å². The number of para-hydroxylation sites is 1. The van der Waals surface area contributed by atoms with Crippen molar-refractivity contribution >= 4 is 34.4 Å². The zero-order chi connectivity index (χ0) is 19.7. The average Bonchev–Trinajstić information content (AvgIpc) is 3.13. The molecule has 1 aromatic carbocycles. The number of H-pyrrole nitrogens is 1. The number of fused-ring (bicyclic) bond motifs is 1. The number of rotatable bonds is 4. The third-order valence-electron chi connectivity index (χ3n) is 5.22. The van der Waals surface area contributed by atoms with Gasteiger partial charge < -0.3 is 15.2 Å². The van der Waals surface area contributed by atoms with Crippen molar-refractivity contribution in [1.29, 1.82) is 0 Å². The lowest BCUT2D eigenvalue weighted by Crippen LogP contribution is -2.44. The number of hydrogen-bond donors (Lipinski definition) is 2. The molecule has 3 heterocycles. The fraction of sp³-hybridized carbons (Fsp3) is 0.381. The summed E-state index contributed by atoms with van der Waals surface area (Å²) >= 11 is 6.40. The molecule has 2 aromatic heterocycles. The van der Waals surface area contributed by atoms with Gasteiger partial charge >= 0.3 is 0 Å². The lowest BCUT2D eigenvalue weighted by Gasteiger charge is -2.33. The van der Waals surface area contributed by atoms with Crippen LogP contribution in [0.4, 0.5) is 5.95 Å². The van der Waals surface area contributed by atoms with Gasteiger partial charge in [-0.3, -0.25) is 4.79 Å². The van der Waals surface area contributed by atoms with Crippen molar-refractivity contribution in [1.82, 2.24) is 19.9 Å². The van der Waals surface area contributed by atoms with Gasteiger partial charge in [0.25, 0.3) is 0 Å². The molecule has 1 saturated heterocycles. The Labute approximate surface area is 169 Å². The first-order valence-corrected chi connectivity index (χ1v) is 10.0. The molecule has 0 spiro atoms. The van der Waals surface area contributed by atoms with E-state index < -0.39 is 0 Å². The Bertz CT molecular complexity index is 991. The number of halogens is 1. The summed E-state index contributed by atoms with van der Waals surface area (Å²) in [5.41, 5.74) is 2.72. The Morgan fingerprint density at radius 1 is 1.29 bits per heavy atom. The molecule has 2 N–H and O–H groups in total. The largest absolute Gasteiger partial charge is 0.360 e. The molecular formula is C21H24ClN5O. The highest BCUT2D eigenvalue weighted by atomic mass is 35.5. The van der Waals surface area contributed by atoms with Gasteiger partial charge in [0.15, 0.2) is 0 Å². The molecule has 6 nitrogen and oxygen atoms in total. The first kappa shape index (κ1) is 18.7. The van der Waals surface area contributed by atoms with Gasteiger partial charge in [-0.2, -0.15) is 0 Å². The predicted octanol–water partition coefficient (Wildman–Crippen LogP) is 4.34. The fourth-order valence-corrected chi connectivity index (χ4v) is 3.88. The Morgan fingerprint density at radius 3 is 2.79 bits per heavy atom. The van der Waals surface area contributed by atoms with Crippen LogP contribution in [-0.4, -0.2) is 44.9 Å². The van der Waals surface area contributed by atoms with E-state index in [0.717, 1.165) is 42.4 Å². The fourth-order valence-electron chi connectivity index (χ4n) is 3.68. The van der Waals surface area contributed by atoms with Gasteiger partial charge in [-0.15, -0.1) is 0 Å². The van der Waals surface area contributed by atoms with Gasteiger partial charge in [-0.25, -0.2) is 9.97 Å². The molecule has 3 aromatic rings. The van der Waals surface area contributed by atoms with Crippen LogP contribution in [0.3, 0.4) is 0 Å². The van der Waals surface area contributed by atoms with Crippen molar-refractivity contribution in [3.8, 4) is 11.3 Å². The smallest absolute Gasteiger partial charge is 0.225 e. The molecule has 4 rings (SSSR count). The summed E-state index contributed by atoms with van der Waals surface area (Å²) in [5, 5.41) is 5.02. The Morgan fingerprint density at radius 2 is 2.04 bits per heavy atom. The number of benzene rings is 1. The van der Waals surface area contributed by atoms with Crippen LogP contribution in [0, 0.1) is 5.92 Å². The van der Waals surface area contributed by atoms with Crippen LogP contribution >= 0.6 is 11.6 Å². The molecule has 0 atom stereocenters. The van der Waals surface area contributed by atoms with Gasteiger partial charge in [0.2, 0.25) is 11.9 Å². The molecule has 0 bridgehead atoms. The second kappa shape index (κ2) is 7.80. The highest BCUT2D eigenvalue weighted by Gasteiger charge is 2.25. The average molecular weight is 398 g/mol. The van der Waals surface area contributed by atoms with Gasteiger partial charge in [-0.05, 0) is 18.9 Å². The van der Waals surface area contributed by atoms with Crippen molar-refractivity contribution in [3.05, 3.63) is 41.7 Å². The maximum Gasteiger partial charge on any atom is 0.225 e. The van der Waals surface area contributed by atoms with Crippen LogP contribution in [0.5, 0.6) is 0 Å². The highest BCUT2D eigenvalue weighted by Crippen LogP contribution is 2.32. The summed E-state index contributed by atoms with van der Waals surface area (Å²) in [6, 6.07) is 8.31. The van der Waals surface area contributed by atoms with E-state index in [1.54, 1.807) is 6.20 Å². The summed E-state index contributed by atoms with van der Waals surface area (Å²) in [6.07, 6.45) is 5.34. The number of nitrogens with one attached hydrogen (secondary N) is 2. The third kappa shape index (κ3) is 3.69. The van der Waals surface area contributed by atoms with Crippen molar-refractivity contribution in [2.24, 2.45) is 5.92 Å². The number of carbonyl (C=O) groups is 1. The Balaban J connectivity index is 1.50. The van der Waals surface area contributed by atoms with Crippen molar-refractivity contribution in [3.63, 3.8) is 0 Å². The number of likely N-dealkylation sites (tertiary alicyclic amines) is 1. The monoisotopic (exact) mass is 397 g/mol. The van der Waals surface area contributed by atoms with Gasteiger partial charge in [0.05, 0.1) is 16.9 Å². The SMILES string of the molecule is CC(C)C(=O)N1CCC(Nc2ncc(Cl)c(-c3c[nH]c4ccccc34)n2)CC1. The van der Waals surface area contributed by atoms with Crippen LogP contribution in [-0.2, 0) is 4.79 Å². The summed E-state index contributed by atoms with van der Waals surface area (Å²) in [5.74, 6) is 0.837. The Hall–Kier alpha value is -2.60. The maximum absolute atomic E-state index is 12.1. The normalized spacial score (nSPS) is 15.4. The summed E-state index contributed by atoms with van der Waals surface area (Å²) in [7, 11) is 0. The van der Waals surface area contributed by atoms with Gasteiger partial charge in [-0.1, -0.05) is 43.6 Å². The van der Waals surface area contributed by atoms with Crippen molar-refractivity contribution < 1.29 is 4.79 Å². The molecule has 0 unspecified atom stereocenters. The quantitative estimate of drug-likeness (QED) is 0.686. The molecule has 1 fully saturated rings. The molecule has 146 valence electrons. The minimum atomic E-state index is 0.0443. The lowest BCUT2D eigenvalue weighted by atomic mass is 10.0. The molecule has 1 aliphatic rings. The second-order valence-corrected chi connectivity index (χ2v) is 7.94. The van der Waals surface area contributed by atoms with E-state index in [2.05, 4.69) is 20.3 Å². The van der Waals surface area contributed by atoms with Crippen molar-refractivity contribution in [2.75, 3.05) is 18.4 Å². The van der Waals surface area contributed by atoms with E-state index >= 15 is 0 Å². The lowest BCUT2D eigenvalue weighted by molar-refractivity contribution is -0.135.